The molecule has 2 rings (SSSR count). The first-order valence-electron chi connectivity index (χ1n) is 8.84. The zero-order valence-corrected chi connectivity index (χ0v) is 16.1. The molecule has 1 aliphatic heterocycles. The van der Waals surface area contributed by atoms with Gasteiger partial charge in [0.15, 0.2) is 15.8 Å². The number of nitrogens with one attached hydrogen (secondary N) is 2. The van der Waals surface area contributed by atoms with E-state index < -0.39 is 9.84 Å². The van der Waals surface area contributed by atoms with E-state index in [1.54, 1.807) is 0 Å². The van der Waals surface area contributed by atoms with Crippen molar-refractivity contribution in [3.63, 3.8) is 0 Å². The summed E-state index contributed by atoms with van der Waals surface area (Å²) in [7, 11) is -2.84. The van der Waals surface area contributed by atoms with Crippen molar-refractivity contribution in [2.24, 2.45) is 10.9 Å². The molecule has 1 fully saturated rings. The molecule has 0 bridgehead atoms. The fraction of sp³-hybridized carbons (Fsp3) is 0.611. The van der Waals surface area contributed by atoms with Crippen LogP contribution in [0.3, 0.4) is 0 Å². The normalized spacial score (nSPS) is 20.9. The first-order valence-corrected chi connectivity index (χ1v) is 10.7. The molecule has 25 heavy (non-hydrogen) atoms. The summed E-state index contributed by atoms with van der Waals surface area (Å²) in [5.74, 6) is 2.28. The largest absolute Gasteiger partial charge is 0.489 e. The van der Waals surface area contributed by atoms with Crippen molar-refractivity contribution in [2.75, 3.05) is 31.1 Å². The maximum Gasteiger partial charge on any atom is 0.191 e. The number of aryl methyl sites for hydroxylation is 1. The van der Waals surface area contributed by atoms with Gasteiger partial charge in [0.25, 0.3) is 0 Å². The van der Waals surface area contributed by atoms with Crippen LogP contribution >= 0.6 is 0 Å². The highest BCUT2D eigenvalue weighted by atomic mass is 32.2. The van der Waals surface area contributed by atoms with Gasteiger partial charge in [-0.15, -0.1) is 0 Å². The molecule has 2 N–H and O–H groups in total. The molecule has 1 heterocycles. The number of guanidine groups is 1. The Morgan fingerprint density at radius 1 is 1.40 bits per heavy atom. The minimum absolute atomic E-state index is 0.0517. The van der Waals surface area contributed by atoms with E-state index in [-0.39, 0.29) is 17.8 Å². The fourth-order valence-corrected chi connectivity index (χ4v) is 4.66. The summed E-state index contributed by atoms with van der Waals surface area (Å²) in [5.41, 5.74) is 1.16. The Kier molecular flexibility index (Phi) is 7.11. The number of hydrogen-bond acceptors (Lipinski definition) is 4. The van der Waals surface area contributed by atoms with E-state index in [1.807, 2.05) is 45.0 Å². The zero-order valence-electron chi connectivity index (χ0n) is 15.3. The molecule has 7 heteroatoms. The standard InChI is InChI=1S/C18H29N3O3S/c1-4-19-18(21-12-16-8-9-25(22,23)13-16)20-11-15(3)24-17-7-5-6-14(2)10-17/h5-7,10,15-16H,4,8-9,11-13H2,1-3H3,(H2,19,20,21). The van der Waals surface area contributed by atoms with E-state index in [1.165, 1.54) is 0 Å². The highest BCUT2D eigenvalue weighted by Gasteiger charge is 2.27. The highest BCUT2D eigenvalue weighted by molar-refractivity contribution is 7.91. The van der Waals surface area contributed by atoms with Crippen molar-refractivity contribution in [1.29, 1.82) is 0 Å². The van der Waals surface area contributed by atoms with Gasteiger partial charge in [-0.05, 0) is 50.8 Å². The van der Waals surface area contributed by atoms with Gasteiger partial charge >= 0.3 is 0 Å². The molecular formula is C18H29N3O3S. The van der Waals surface area contributed by atoms with Gasteiger partial charge in [-0.2, -0.15) is 0 Å². The number of nitrogens with zero attached hydrogens (tertiary/aromatic N) is 1. The summed E-state index contributed by atoms with van der Waals surface area (Å²) >= 11 is 0. The summed E-state index contributed by atoms with van der Waals surface area (Å²) in [6.45, 7) is 7.92. The van der Waals surface area contributed by atoms with Crippen LogP contribution in [0.1, 0.15) is 25.8 Å². The van der Waals surface area contributed by atoms with Gasteiger partial charge in [-0.25, -0.2) is 13.4 Å². The third kappa shape index (κ3) is 6.94. The molecule has 1 aliphatic rings. The van der Waals surface area contributed by atoms with Crippen LogP contribution in [0.4, 0.5) is 0 Å². The number of benzene rings is 1. The van der Waals surface area contributed by atoms with Crippen LogP contribution in [0, 0.1) is 12.8 Å². The van der Waals surface area contributed by atoms with E-state index in [0.29, 0.717) is 24.8 Å². The van der Waals surface area contributed by atoms with E-state index >= 15 is 0 Å². The fourth-order valence-electron chi connectivity index (χ4n) is 2.79. The van der Waals surface area contributed by atoms with Crippen molar-refractivity contribution in [3.8, 4) is 5.75 Å². The average Bonchev–Trinajstić information content (AvgIpc) is 2.89. The molecule has 0 amide bonds. The lowest BCUT2D eigenvalue weighted by Crippen LogP contribution is -2.40. The van der Waals surface area contributed by atoms with E-state index in [2.05, 4.69) is 15.6 Å². The minimum Gasteiger partial charge on any atom is -0.489 e. The topological polar surface area (TPSA) is 79.8 Å². The molecule has 1 saturated heterocycles. The van der Waals surface area contributed by atoms with E-state index in [4.69, 9.17) is 4.74 Å². The van der Waals surface area contributed by atoms with Crippen molar-refractivity contribution in [1.82, 2.24) is 10.6 Å². The van der Waals surface area contributed by atoms with Crippen molar-refractivity contribution in [3.05, 3.63) is 29.8 Å². The number of aliphatic imine (C=N–C) groups is 1. The Morgan fingerprint density at radius 2 is 2.20 bits per heavy atom. The van der Waals surface area contributed by atoms with Crippen LogP contribution in [0.25, 0.3) is 0 Å². The molecule has 0 aromatic heterocycles. The van der Waals surface area contributed by atoms with Crippen molar-refractivity contribution < 1.29 is 13.2 Å². The molecule has 0 radical (unpaired) electrons. The summed E-state index contributed by atoms with van der Waals surface area (Å²) in [5, 5.41) is 6.44. The maximum absolute atomic E-state index is 11.5. The molecule has 6 nitrogen and oxygen atoms in total. The van der Waals surface area contributed by atoms with Crippen LogP contribution < -0.4 is 15.4 Å². The second-order valence-electron chi connectivity index (χ2n) is 6.61. The van der Waals surface area contributed by atoms with Crippen LogP contribution in [0.2, 0.25) is 0 Å². The predicted octanol–water partition coefficient (Wildman–Crippen LogP) is 1.75. The Balaban J connectivity index is 1.83. The number of rotatable bonds is 7. The molecule has 140 valence electrons. The Morgan fingerprint density at radius 3 is 2.84 bits per heavy atom. The molecule has 1 aromatic carbocycles. The van der Waals surface area contributed by atoms with Gasteiger partial charge in [0.1, 0.15) is 11.9 Å². The first-order chi connectivity index (χ1) is 11.9. The lowest BCUT2D eigenvalue weighted by atomic mass is 10.1. The number of ether oxygens (including phenoxy) is 1. The maximum atomic E-state index is 11.5. The zero-order chi connectivity index (χ0) is 18.3. The van der Waals surface area contributed by atoms with E-state index in [9.17, 15) is 8.42 Å². The monoisotopic (exact) mass is 367 g/mol. The molecule has 2 unspecified atom stereocenters. The van der Waals surface area contributed by atoms with Crippen molar-refractivity contribution >= 4 is 15.8 Å². The lowest BCUT2D eigenvalue weighted by Gasteiger charge is -2.16. The smallest absolute Gasteiger partial charge is 0.191 e. The third-order valence-corrected chi connectivity index (χ3v) is 5.90. The summed E-state index contributed by atoms with van der Waals surface area (Å²) in [6, 6.07) is 7.95. The van der Waals surface area contributed by atoms with Gasteiger partial charge < -0.3 is 15.4 Å². The lowest BCUT2D eigenvalue weighted by molar-refractivity contribution is 0.230. The van der Waals surface area contributed by atoms with Crippen molar-refractivity contribution in [2.45, 2.75) is 33.3 Å². The second kappa shape index (κ2) is 9.08. The van der Waals surface area contributed by atoms with Crippen LogP contribution in [0.5, 0.6) is 5.75 Å². The summed E-state index contributed by atoms with van der Waals surface area (Å²) in [6.07, 6.45) is 0.672. The number of sulfone groups is 1. The summed E-state index contributed by atoms with van der Waals surface area (Å²) < 4.78 is 29.0. The first kappa shape index (κ1) is 19.6. The molecular weight excluding hydrogens is 338 g/mol. The average molecular weight is 368 g/mol. The second-order valence-corrected chi connectivity index (χ2v) is 8.84. The molecule has 0 saturated carbocycles. The predicted molar refractivity (Wildman–Crippen MR) is 102 cm³/mol. The molecule has 0 aliphatic carbocycles. The van der Waals surface area contributed by atoms with Crippen LogP contribution in [-0.2, 0) is 9.84 Å². The number of hydrogen-bond donors (Lipinski definition) is 2. The van der Waals surface area contributed by atoms with Gasteiger partial charge in [0.05, 0.1) is 18.1 Å². The Bertz CT molecular complexity index is 689. The third-order valence-electron chi connectivity index (χ3n) is 4.06. The van der Waals surface area contributed by atoms with E-state index in [0.717, 1.165) is 24.3 Å². The molecule has 2 atom stereocenters. The van der Waals surface area contributed by atoms with Gasteiger partial charge in [-0.3, -0.25) is 0 Å². The van der Waals surface area contributed by atoms with Gasteiger partial charge in [0, 0.05) is 13.1 Å². The molecule has 1 aromatic rings. The highest BCUT2D eigenvalue weighted by Crippen LogP contribution is 2.17. The van der Waals surface area contributed by atoms with Crippen LogP contribution in [0.15, 0.2) is 29.3 Å². The summed E-state index contributed by atoms with van der Waals surface area (Å²) in [4.78, 5) is 4.55. The van der Waals surface area contributed by atoms with Crippen LogP contribution in [-0.4, -0.2) is 51.6 Å². The Labute approximate surface area is 151 Å². The molecule has 0 spiro atoms. The quantitative estimate of drug-likeness (QED) is 0.567. The Hall–Kier alpha value is -1.76. The SMILES string of the molecule is CCNC(=NCC(C)Oc1cccc(C)c1)NCC1CCS(=O)(=O)C1. The minimum atomic E-state index is -2.84. The van der Waals surface area contributed by atoms with Gasteiger partial charge in [0.2, 0.25) is 0 Å². The van der Waals surface area contributed by atoms with Gasteiger partial charge in [-0.1, -0.05) is 12.1 Å².